The quantitative estimate of drug-likeness (QED) is 0.466. The SMILES string of the molecule is Nc1c(C(=O)N2CCOC(CO)C2)cc(F)cc1[N+](=O)[O-]. The van der Waals surface area contributed by atoms with Gasteiger partial charge in [-0.05, 0) is 6.07 Å². The Hall–Kier alpha value is -2.26. The molecule has 1 fully saturated rings. The zero-order chi connectivity index (χ0) is 15.6. The maximum Gasteiger partial charge on any atom is 0.295 e. The Kier molecular flexibility index (Phi) is 4.34. The lowest BCUT2D eigenvalue weighted by molar-refractivity contribution is -0.384. The summed E-state index contributed by atoms with van der Waals surface area (Å²) in [7, 11) is 0. The van der Waals surface area contributed by atoms with Gasteiger partial charge in [0.25, 0.3) is 11.6 Å². The average molecular weight is 299 g/mol. The van der Waals surface area contributed by atoms with Crippen molar-refractivity contribution in [3.8, 4) is 0 Å². The minimum absolute atomic E-state index is 0.110. The van der Waals surface area contributed by atoms with Crippen molar-refractivity contribution in [1.82, 2.24) is 4.90 Å². The van der Waals surface area contributed by atoms with Crippen molar-refractivity contribution in [3.05, 3.63) is 33.6 Å². The van der Waals surface area contributed by atoms with Gasteiger partial charge in [0.2, 0.25) is 0 Å². The van der Waals surface area contributed by atoms with Crippen LogP contribution in [0.1, 0.15) is 10.4 Å². The molecule has 9 heteroatoms. The number of ether oxygens (including phenoxy) is 1. The van der Waals surface area contributed by atoms with Gasteiger partial charge in [-0.25, -0.2) is 4.39 Å². The molecule has 1 aromatic rings. The number of halogens is 1. The number of nitrogens with zero attached hydrogens (tertiary/aromatic N) is 2. The highest BCUT2D eigenvalue weighted by Crippen LogP contribution is 2.28. The first kappa shape index (κ1) is 15.1. The van der Waals surface area contributed by atoms with Gasteiger partial charge in [-0.1, -0.05) is 0 Å². The van der Waals surface area contributed by atoms with E-state index in [4.69, 9.17) is 15.6 Å². The smallest absolute Gasteiger partial charge is 0.295 e. The molecule has 8 nitrogen and oxygen atoms in total. The van der Waals surface area contributed by atoms with Crippen LogP contribution in [0, 0.1) is 15.9 Å². The molecule has 1 unspecified atom stereocenters. The van der Waals surface area contributed by atoms with Crippen molar-refractivity contribution in [2.75, 3.05) is 32.0 Å². The Morgan fingerprint density at radius 2 is 2.33 bits per heavy atom. The van der Waals surface area contributed by atoms with Crippen LogP contribution in [-0.4, -0.2) is 53.2 Å². The normalized spacial score (nSPS) is 18.6. The number of carbonyl (C=O) groups is 1. The van der Waals surface area contributed by atoms with Crippen LogP contribution in [-0.2, 0) is 4.74 Å². The number of morpholine rings is 1. The summed E-state index contributed by atoms with van der Waals surface area (Å²) in [6.45, 7) is 0.301. The van der Waals surface area contributed by atoms with Crippen molar-refractivity contribution < 1.29 is 24.0 Å². The predicted molar refractivity (Wildman–Crippen MR) is 70.2 cm³/mol. The minimum Gasteiger partial charge on any atom is -0.394 e. The fraction of sp³-hybridized carbons (Fsp3) is 0.417. The number of benzene rings is 1. The average Bonchev–Trinajstić information content (AvgIpc) is 2.48. The molecule has 1 aliphatic rings. The summed E-state index contributed by atoms with van der Waals surface area (Å²) in [6, 6.07) is 1.54. The molecule has 21 heavy (non-hydrogen) atoms. The van der Waals surface area contributed by atoms with E-state index in [1.807, 2.05) is 0 Å². The molecule has 1 heterocycles. The molecule has 0 aromatic heterocycles. The van der Waals surface area contributed by atoms with E-state index in [0.717, 1.165) is 6.07 Å². The number of hydrogen-bond donors (Lipinski definition) is 2. The van der Waals surface area contributed by atoms with Crippen LogP contribution >= 0.6 is 0 Å². The van der Waals surface area contributed by atoms with E-state index in [1.54, 1.807) is 0 Å². The van der Waals surface area contributed by atoms with Crippen LogP contribution in [0.5, 0.6) is 0 Å². The third-order valence-corrected chi connectivity index (χ3v) is 3.18. The molecule has 1 aliphatic heterocycles. The Balaban J connectivity index is 2.33. The number of amides is 1. The summed E-state index contributed by atoms with van der Waals surface area (Å²) >= 11 is 0. The molecule has 1 aromatic carbocycles. The topological polar surface area (TPSA) is 119 Å². The molecule has 2 rings (SSSR count). The molecule has 1 amide bonds. The Bertz CT molecular complexity index is 580. The van der Waals surface area contributed by atoms with E-state index in [0.29, 0.717) is 6.07 Å². The molecule has 114 valence electrons. The van der Waals surface area contributed by atoms with Gasteiger partial charge in [0, 0.05) is 13.1 Å². The highest BCUT2D eigenvalue weighted by Gasteiger charge is 2.28. The van der Waals surface area contributed by atoms with E-state index in [-0.39, 0.29) is 37.6 Å². The summed E-state index contributed by atoms with van der Waals surface area (Å²) in [4.78, 5) is 23.6. The monoisotopic (exact) mass is 299 g/mol. The first-order valence-electron chi connectivity index (χ1n) is 6.19. The van der Waals surface area contributed by atoms with Gasteiger partial charge in [0.15, 0.2) is 0 Å². The van der Waals surface area contributed by atoms with Crippen LogP contribution in [0.2, 0.25) is 0 Å². The van der Waals surface area contributed by atoms with E-state index in [2.05, 4.69) is 0 Å². The van der Waals surface area contributed by atoms with Crippen LogP contribution in [0.25, 0.3) is 0 Å². The molecular weight excluding hydrogens is 285 g/mol. The van der Waals surface area contributed by atoms with E-state index in [9.17, 15) is 19.3 Å². The van der Waals surface area contributed by atoms with Gasteiger partial charge < -0.3 is 20.5 Å². The third kappa shape index (κ3) is 3.09. The van der Waals surface area contributed by atoms with Crippen molar-refractivity contribution in [3.63, 3.8) is 0 Å². The number of carbonyl (C=O) groups excluding carboxylic acids is 1. The van der Waals surface area contributed by atoms with Crippen LogP contribution in [0.4, 0.5) is 15.8 Å². The zero-order valence-electron chi connectivity index (χ0n) is 11.0. The van der Waals surface area contributed by atoms with Gasteiger partial charge in [-0.2, -0.15) is 0 Å². The fourth-order valence-electron chi connectivity index (χ4n) is 2.12. The van der Waals surface area contributed by atoms with Crippen molar-refractivity contribution in [2.45, 2.75) is 6.10 Å². The van der Waals surface area contributed by atoms with E-state index >= 15 is 0 Å². The standard InChI is InChI=1S/C12H14FN3O5/c13-7-3-9(11(14)10(4-7)16(19)20)12(18)15-1-2-21-8(5-15)6-17/h3-4,8,17H,1-2,5-6,14H2. The Morgan fingerprint density at radius 3 is 2.95 bits per heavy atom. The highest BCUT2D eigenvalue weighted by molar-refractivity contribution is 6.01. The van der Waals surface area contributed by atoms with Gasteiger partial charge >= 0.3 is 0 Å². The number of nitro groups is 1. The van der Waals surface area contributed by atoms with Crippen LogP contribution in [0.3, 0.4) is 0 Å². The zero-order valence-corrected chi connectivity index (χ0v) is 11.0. The first-order chi connectivity index (χ1) is 9.93. The van der Waals surface area contributed by atoms with Gasteiger partial charge in [-0.3, -0.25) is 14.9 Å². The lowest BCUT2D eigenvalue weighted by Crippen LogP contribution is -2.47. The summed E-state index contributed by atoms with van der Waals surface area (Å²) in [5, 5.41) is 19.8. The minimum atomic E-state index is -0.911. The summed E-state index contributed by atoms with van der Waals surface area (Å²) < 4.78 is 18.6. The number of nitrogen functional groups attached to an aromatic ring is 1. The second kappa shape index (κ2) is 6.02. The molecular formula is C12H14FN3O5. The van der Waals surface area contributed by atoms with Crippen LogP contribution in [0.15, 0.2) is 12.1 Å². The largest absolute Gasteiger partial charge is 0.394 e. The summed E-state index contributed by atoms with van der Waals surface area (Å²) in [6.07, 6.45) is -0.535. The molecule has 0 saturated carbocycles. The lowest BCUT2D eigenvalue weighted by atomic mass is 10.1. The predicted octanol–water partition coefficient (Wildman–Crippen LogP) is 0.149. The second-order valence-electron chi connectivity index (χ2n) is 4.57. The van der Waals surface area contributed by atoms with Crippen LogP contribution < -0.4 is 5.73 Å². The number of hydrogen-bond acceptors (Lipinski definition) is 6. The molecule has 0 radical (unpaired) electrons. The third-order valence-electron chi connectivity index (χ3n) is 3.18. The molecule has 0 bridgehead atoms. The molecule has 0 spiro atoms. The molecule has 3 N–H and O–H groups in total. The second-order valence-corrected chi connectivity index (χ2v) is 4.57. The summed E-state index contributed by atoms with van der Waals surface area (Å²) in [5.41, 5.74) is 4.30. The number of anilines is 1. The number of rotatable bonds is 3. The van der Waals surface area contributed by atoms with Gasteiger partial charge in [0.1, 0.15) is 11.5 Å². The highest BCUT2D eigenvalue weighted by atomic mass is 19.1. The van der Waals surface area contributed by atoms with Crippen molar-refractivity contribution >= 4 is 17.3 Å². The molecule has 0 aliphatic carbocycles. The van der Waals surface area contributed by atoms with Crippen molar-refractivity contribution in [1.29, 1.82) is 0 Å². The maximum absolute atomic E-state index is 13.4. The fourth-order valence-corrected chi connectivity index (χ4v) is 2.12. The Morgan fingerprint density at radius 1 is 1.62 bits per heavy atom. The number of aliphatic hydroxyl groups is 1. The van der Waals surface area contributed by atoms with Crippen molar-refractivity contribution in [2.24, 2.45) is 0 Å². The number of aliphatic hydroxyl groups excluding tert-OH is 1. The van der Waals surface area contributed by atoms with E-state index < -0.39 is 28.4 Å². The number of nitrogens with two attached hydrogens (primary N) is 1. The summed E-state index contributed by atoms with van der Waals surface area (Å²) in [5.74, 6) is -1.54. The van der Waals surface area contributed by atoms with E-state index in [1.165, 1.54) is 4.90 Å². The number of nitro benzene ring substituents is 1. The maximum atomic E-state index is 13.4. The lowest BCUT2D eigenvalue weighted by Gasteiger charge is -2.32. The molecule has 1 saturated heterocycles. The van der Waals surface area contributed by atoms with Gasteiger partial charge in [0.05, 0.1) is 35.9 Å². The molecule has 1 atom stereocenters. The Labute approximate surface area is 119 Å². The first-order valence-corrected chi connectivity index (χ1v) is 6.19. The van der Waals surface area contributed by atoms with Gasteiger partial charge in [-0.15, -0.1) is 0 Å².